The molecule has 6 heteroatoms. The molecule has 3 aromatic rings. The molecule has 0 amide bonds. The molecule has 194 valence electrons. The van der Waals surface area contributed by atoms with Crippen LogP contribution < -0.4 is 0 Å². The summed E-state index contributed by atoms with van der Waals surface area (Å²) < 4.78 is 30.7. The quantitative estimate of drug-likeness (QED) is 0.249. The van der Waals surface area contributed by atoms with Crippen LogP contribution in [0.2, 0.25) is 0 Å². The number of ether oxygens (including phenoxy) is 5. The van der Waals surface area contributed by atoms with Crippen molar-refractivity contribution >= 4 is 5.97 Å². The molecule has 0 N–H and O–H groups in total. The molecule has 0 saturated carbocycles. The zero-order valence-electron chi connectivity index (χ0n) is 21.1. The van der Waals surface area contributed by atoms with Crippen LogP contribution in [-0.2, 0) is 48.3 Å². The summed E-state index contributed by atoms with van der Waals surface area (Å²) in [5.41, 5.74) is 3.01. The molecule has 4 rings (SSSR count). The number of methoxy groups -OCH3 is 1. The molecule has 0 spiro atoms. The fourth-order valence-electron chi connectivity index (χ4n) is 4.45. The Hall–Kier alpha value is -3.29. The predicted octanol–water partition coefficient (Wildman–Crippen LogP) is 5.26. The van der Waals surface area contributed by atoms with Gasteiger partial charge < -0.3 is 23.7 Å². The number of hydrogen-bond donors (Lipinski definition) is 0. The molecule has 1 fully saturated rings. The van der Waals surface area contributed by atoms with Gasteiger partial charge in [0, 0.05) is 0 Å². The maximum Gasteiger partial charge on any atom is 0.337 e. The van der Waals surface area contributed by atoms with Crippen LogP contribution in [0, 0.1) is 0 Å². The van der Waals surface area contributed by atoms with Crippen molar-refractivity contribution in [3.63, 3.8) is 0 Å². The minimum atomic E-state index is -0.976. The van der Waals surface area contributed by atoms with Crippen molar-refractivity contribution in [2.45, 2.75) is 56.8 Å². The molecule has 3 unspecified atom stereocenters. The minimum Gasteiger partial charge on any atom is -0.467 e. The van der Waals surface area contributed by atoms with E-state index in [-0.39, 0.29) is 6.61 Å². The highest BCUT2D eigenvalue weighted by Crippen LogP contribution is 2.32. The number of hydrogen-bond acceptors (Lipinski definition) is 6. The number of benzene rings is 3. The third-order valence-corrected chi connectivity index (χ3v) is 6.32. The van der Waals surface area contributed by atoms with Gasteiger partial charge in [0.2, 0.25) is 0 Å². The lowest BCUT2D eigenvalue weighted by Crippen LogP contribution is -2.62. The third-order valence-electron chi connectivity index (χ3n) is 6.32. The smallest absolute Gasteiger partial charge is 0.337 e. The maximum absolute atomic E-state index is 12.9. The highest BCUT2D eigenvalue weighted by Gasteiger charge is 2.51. The molecule has 0 aliphatic carbocycles. The topological polar surface area (TPSA) is 63.2 Å². The lowest BCUT2D eigenvalue weighted by atomic mass is 9.92. The Morgan fingerprint density at radius 3 is 1.59 bits per heavy atom. The molecular weight excluding hydrogens is 468 g/mol. The summed E-state index contributed by atoms with van der Waals surface area (Å²) in [6.45, 7) is 4.86. The van der Waals surface area contributed by atoms with Crippen molar-refractivity contribution < 1.29 is 28.5 Å². The highest BCUT2D eigenvalue weighted by molar-refractivity contribution is 5.75. The standard InChI is InChI=1S/C31H34O6/c1-3-13-26-27(34-20-23-14-7-4-8-15-23)28(35-21-24-16-9-5-10-17-24)29(30(37-26)31(32)33-2)36-22-25-18-11-6-12-19-25/h3-12,14-19,26-30H,1,13,20-22H2,2H3/t26-,27?,28?,29-,30?/m0/s1. The Balaban J connectivity index is 1.64. The second-order valence-corrected chi connectivity index (χ2v) is 8.93. The lowest BCUT2D eigenvalue weighted by Gasteiger charge is -2.45. The molecule has 1 aliphatic heterocycles. The van der Waals surface area contributed by atoms with E-state index in [1.807, 2.05) is 91.0 Å². The van der Waals surface area contributed by atoms with Gasteiger partial charge >= 0.3 is 5.97 Å². The zero-order chi connectivity index (χ0) is 25.9. The highest BCUT2D eigenvalue weighted by atomic mass is 16.6. The molecule has 5 atom stereocenters. The molecule has 0 bridgehead atoms. The van der Waals surface area contributed by atoms with Gasteiger partial charge in [0.1, 0.15) is 18.3 Å². The van der Waals surface area contributed by atoms with Gasteiger partial charge in [0.25, 0.3) is 0 Å². The van der Waals surface area contributed by atoms with Gasteiger partial charge in [0.15, 0.2) is 6.10 Å². The fraction of sp³-hybridized carbons (Fsp3) is 0.323. The van der Waals surface area contributed by atoms with E-state index in [9.17, 15) is 4.79 Å². The van der Waals surface area contributed by atoms with E-state index in [1.54, 1.807) is 6.08 Å². The number of esters is 1. The van der Waals surface area contributed by atoms with E-state index in [1.165, 1.54) is 7.11 Å². The van der Waals surface area contributed by atoms with Crippen molar-refractivity contribution in [2.75, 3.05) is 7.11 Å². The molecule has 0 radical (unpaired) electrons. The van der Waals surface area contributed by atoms with Gasteiger partial charge in [-0.2, -0.15) is 0 Å². The molecule has 37 heavy (non-hydrogen) atoms. The van der Waals surface area contributed by atoms with Gasteiger partial charge in [-0.25, -0.2) is 4.79 Å². The Kier molecular flexibility index (Phi) is 10.0. The summed E-state index contributed by atoms with van der Waals surface area (Å²) in [6, 6.07) is 29.6. The summed E-state index contributed by atoms with van der Waals surface area (Å²) in [4.78, 5) is 12.9. The molecular formula is C31H34O6. The Morgan fingerprint density at radius 1 is 0.730 bits per heavy atom. The van der Waals surface area contributed by atoms with E-state index in [0.29, 0.717) is 19.6 Å². The average Bonchev–Trinajstić information content (AvgIpc) is 2.95. The van der Waals surface area contributed by atoms with Gasteiger partial charge in [-0.05, 0) is 23.1 Å². The largest absolute Gasteiger partial charge is 0.467 e. The summed E-state index contributed by atoms with van der Waals surface area (Å²) in [5, 5.41) is 0. The monoisotopic (exact) mass is 502 g/mol. The molecule has 1 heterocycles. The second-order valence-electron chi connectivity index (χ2n) is 8.93. The van der Waals surface area contributed by atoms with E-state index < -0.39 is 36.5 Å². The summed E-state index contributed by atoms with van der Waals surface area (Å²) in [5.74, 6) is -0.512. The fourth-order valence-corrected chi connectivity index (χ4v) is 4.45. The SMILES string of the molecule is C=CC[C@@H]1OC(C(=O)OC)[C@@H](OCc2ccccc2)C(OCc2ccccc2)C1OCc1ccccc1. The van der Waals surface area contributed by atoms with Crippen molar-refractivity contribution in [1.29, 1.82) is 0 Å². The van der Waals surface area contributed by atoms with Crippen molar-refractivity contribution in [3.05, 3.63) is 120 Å². The van der Waals surface area contributed by atoms with Crippen molar-refractivity contribution in [1.82, 2.24) is 0 Å². The van der Waals surface area contributed by atoms with Crippen LogP contribution in [0.5, 0.6) is 0 Å². The minimum absolute atomic E-state index is 0.283. The van der Waals surface area contributed by atoms with Gasteiger partial charge in [0.05, 0.1) is 33.0 Å². The molecule has 1 saturated heterocycles. The summed E-state index contributed by atoms with van der Waals surface area (Å²) in [7, 11) is 1.35. The zero-order valence-corrected chi connectivity index (χ0v) is 21.1. The van der Waals surface area contributed by atoms with E-state index in [4.69, 9.17) is 23.7 Å². The van der Waals surface area contributed by atoms with E-state index >= 15 is 0 Å². The van der Waals surface area contributed by atoms with Crippen LogP contribution in [0.25, 0.3) is 0 Å². The average molecular weight is 503 g/mol. The van der Waals surface area contributed by atoms with Crippen LogP contribution >= 0.6 is 0 Å². The Bertz CT molecular complexity index is 1090. The first-order valence-corrected chi connectivity index (χ1v) is 12.5. The van der Waals surface area contributed by atoms with E-state index in [0.717, 1.165) is 16.7 Å². The number of carbonyl (C=O) groups is 1. The van der Waals surface area contributed by atoms with Crippen molar-refractivity contribution in [3.8, 4) is 0 Å². The molecule has 3 aromatic carbocycles. The summed E-state index contributed by atoms with van der Waals surface area (Å²) >= 11 is 0. The van der Waals surface area contributed by atoms with Gasteiger partial charge in [-0.15, -0.1) is 6.58 Å². The first kappa shape index (κ1) is 26.8. The van der Waals surface area contributed by atoms with Crippen LogP contribution in [0.1, 0.15) is 23.1 Å². The molecule has 0 aromatic heterocycles. The van der Waals surface area contributed by atoms with Crippen LogP contribution in [-0.4, -0.2) is 43.6 Å². The van der Waals surface area contributed by atoms with Crippen molar-refractivity contribution in [2.24, 2.45) is 0 Å². The summed E-state index contributed by atoms with van der Waals surface area (Å²) in [6.07, 6.45) is -1.07. The molecule has 1 aliphatic rings. The Labute approximate surface area is 218 Å². The van der Waals surface area contributed by atoms with Crippen LogP contribution in [0.4, 0.5) is 0 Å². The maximum atomic E-state index is 12.9. The lowest BCUT2D eigenvalue weighted by molar-refractivity contribution is -0.264. The van der Waals surface area contributed by atoms with E-state index in [2.05, 4.69) is 6.58 Å². The first-order valence-electron chi connectivity index (χ1n) is 12.5. The number of rotatable bonds is 12. The third kappa shape index (κ3) is 7.37. The first-order chi connectivity index (χ1) is 18.2. The van der Waals surface area contributed by atoms with Gasteiger partial charge in [-0.1, -0.05) is 97.1 Å². The second kappa shape index (κ2) is 13.9. The normalized spacial score (nSPS) is 23.3. The molecule has 6 nitrogen and oxygen atoms in total. The van der Waals surface area contributed by atoms with Crippen LogP contribution in [0.3, 0.4) is 0 Å². The Morgan fingerprint density at radius 2 is 1.16 bits per heavy atom. The number of carbonyl (C=O) groups excluding carboxylic acids is 1. The van der Waals surface area contributed by atoms with Gasteiger partial charge in [-0.3, -0.25) is 0 Å². The predicted molar refractivity (Wildman–Crippen MR) is 141 cm³/mol. The van der Waals surface area contributed by atoms with Crippen LogP contribution in [0.15, 0.2) is 104 Å².